The Kier molecular flexibility index (Phi) is 5.65. The van der Waals surface area contributed by atoms with Crippen LogP contribution in [0.25, 0.3) is 0 Å². The van der Waals surface area contributed by atoms with Crippen molar-refractivity contribution in [2.24, 2.45) is 16.8 Å². The Labute approximate surface area is 109 Å². The Balaban J connectivity index is 2.51. The number of rotatable bonds is 6. The maximum Gasteiger partial charge on any atom is 0.143 e. The molecule has 0 aliphatic rings. The van der Waals surface area contributed by atoms with Crippen LogP contribution in [0.5, 0.6) is 0 Å². The van der Waals surface area contributed by atoms with Gasteiger partial charge in [0.25, 0.3) is 0 Å². The average Bonchev–Trinajstić information content (AvgIpc) is 2.38. The van der Waals surface area contributed by atoms with E-state index in [-0.39, 0.29) is 11.8 Å². The molecule has 1 atom stereocenters. The van der Waals surface area contributed by atoms with E-state index in [4.69, 9.17) is 10.9 Å². The second-order valence-electron chi connectivity index (χ2n) is 4.79. The predicted octanol–water partition coefficient (Wildman–Crippen LogP) is 2.06. The van der Waals surface area contributed by atoms with E-state index >= 15 is 0 Å². The molecule has 3 N–H and O–H groups in total. The van der Waals surface area contributed by atoms with Crippen LogP contribution >= 0.6 is 0 Å². The number of oxime groups is 1. The number of nitrogens with two attached hydrogens (primary N) is 1. The highest BCUT2D eigenvalue weighted by atomic mass is 16.4. The zero-order chi connectivity index (χ0) is 13.5. The van der Waals surface area contributed by atoms with Crippen molar-refractivity contribution in [3.63, 3.8) is 0 Å². The SMILES string of the molecule is CCc1ccc(CN(C)CC(C)C(N)=NO)cc1. The summed E-state index contributed by atoms with van der Waals surface area (Å²) in [6.45, 7) is 5.74. The third-order valence-corrected chi connectivity index (χ3v) is 3.09. The number of aryl methyl sites for hydroxylation is 1. The van der Waals surface area contributed by atoms with Gasteiger partial charge < -0.3 is 15.8 Å². The van der Waals surface area contributed by atoms with Crippen molar-refractivity contribution in [3.8, 4) is 0 Å². The standard InChI is InChI=1S/C14H23N3O/c1-4-12-5-7-13(8-6-12)10-17(3)9-11(2)14(15)16-18/h5-8,11,18H,4,9-10H2,1-3H3,(H2,15,16). The van der Waals surface area contributed by atoms with E-state index in [1.54, 1.807) is 0 Å². The van der Waals surface area contributed by atoms with E-state index < -0.39 is 0 Å². The minimum Gasteiger partial charge on any atom is -0.409 e. The Morgan fingerprint density at radius 2 is 1.89 bits per heavy atom. The molecule has 1 rings (SSSR count). The Morgan fingerprint density at radius 3 is 2.39 bits per heavy atom. The molecule has 0 fully saturated rings. The highest BCUT2D eigenvalue weighted by molar-refractivity contribution is 5.82. The molecule has 0 aliphatic carbocycles. The lowest BCUT2D eigenvalue weighted by atomic mass is 10.1. The van der Waals surface area contributed by atoms with Crippen LogP contribution in [-0.2, 0) is 13.0 Å². The van der Waals surface area contributed by atoms with Crippen LogP contribution in [0.1, 0.15) is 25.0 Å². The summed E-state index contributed by atoms with van der Waals surface area (Å²) in [6.07, 6.45) is 1.07. The van der Waals surface area contributed by atoms with Gasteiger partial charge in [-0.3, -0.25) is 0 Å². The van der Waals surface area contributed by atoms with Crippen molar-refractivity contribution < 1.29 is 5.21 Å². The van der Waals surface area contributed by atoms with Crippen molar-refractivity contribution in [1.82, 2.24) is 4.90 Å². The third kappa shape index (κ3) is 4.37. The summed E-state index contributed by atoms with van der Waals surface area (Å²) in [5.74, 6) is 0.332. The third-order valence-electron chi connectivity index (χ3n) is 3.09. The summed E-state index contributed by atoms with van der Waals surface area (Å²) in [7, 11) is 2.04. The molecule has 0 saturated carbocycles. The molecule has 0 spiro atoms. The Morgan fingerprint density at radius 1 is 1.33 bits per heavy atom. The smallest absolute Gasteiger partial charge is 0.143 e. The highest BCUT2D eigenvalue weighted by Gasteiger charge is 2.11. The van der Waals surface area contributed by atoms with Gasteiger partial charge >= 0.3 is 0 Å². The Bertz CT molecular complexity index is 387. The van der Waals surface area contributed by atoms with Gasteiger partial charge in [0.05, 0.1) is 0 Å². The first-order chi connectivity index (χ1) is 8.56. The van der Waals surface area contributed by atoms with Gasteiger partial charge in [-0.1, -0.05) is 43.3 Å². The van der Waals surface area contributed by atoms with Crippen LogP contribution < -0.4 is 5.73 Å². The van der Waals surface area contributed by atoms with E-state index in [0.29, 0.717) is 0 Å². The summed E-state index contributed by atoms with van der Waals surface area (Å²) >= 11 is 0. The molecule has 4 heteroatoms. The van der Waals surface area contributed by atoms with E-state index in [2.05, 4.69) is 41.2 Å². The molecule has 1 unspecified atom stereocenters. The first kappa shape index (κ1) is 14.5. The van der Waals surface area contributed by atoms with Gasteiger partial charge in [0.15, 0.2) is 0 Å². The molecule has 0 radical (unpaired) electrons. The van der Waals surface area contributed by atoms with Crippen molar-refractivity contribution >= 4 is 5.84 Å². The molecule has 0 aliphatic heterocycles. The molecule has 100 valence electrons. The molecule has 4 nitrogen and oxygen atoms in total. The molecule has 1 aromatic carbocycles. The van der Waals surface area contributed by atoms with E-state index in [1.165, 1.54) is 11.1 Å². The van der Waals surface area contributed by atoms with E-state index in [9.17, 15) is 0 Å². The molecule has 0 heterocycles. The lowest BCUT2D eigenvalue weighted by Crippen LogP contribution is -2.32. The van der Waals surface area contributed by atoms with Gasteiger partial charge in [0, 0.05) is 19.0 Å². The molecule has 0 bridgehead atoms. The molecular formula is C14H23N3O. The second kappa shape index (κ2) is 7.01. The van der Waals surface area contributed by atoms with Crippen LogP contribution in [0.3, 0.4) is 0 Å². The van der Waals surface area contributed by atoms with Crippen LogP contribution in [0, 0.1) is 5.92 Å². The van der Waals surface area contributed by atoms with Gasteiger partial charge in [-0.15, -0.1) is 0 Å². The topological polar surface area (TPSA) is 61.8 Å². The minimum absolute atomic E-state index is 0.0508. The van der Waals surface area contributed by atoms with Crippen LogP contribution in [-0.4, -0.2) is 29.5 Å². The molecule has 0 saturated heterocycles. The normalized spacial score (nSPS) is 13.9. The van der Waals surface area contributed by atoms with Crippen molar-refractivity contribution in [2.75, 3.05) is 13.6 Å². The fraction of sp³-hybridized carbons (Fsp3) is 0.500. The van der Waals surface area contributed by atoms with Gasteiger partial charge in [-0.05, 0) is 24.6 Å². The lowest BCUT2D eigenvalue weighted by Gasteiger charge is -2.20. The van der Waals surface area contributed by atoms with Crippen LogP contribution in [0.4, 0.5) is 0 Å². The lowest BCUT2D eigenvalue weighted by molar-refractivity contribution is 0.290. The van der Waals surface area contributed by atoms with Gasteiger partial charge in [-0.2, -0.15) is 0 Å². The number of hydrogen-bond acceptors (Lipinski definition) is 3. The fourth-order valence-corrected chi connectivity index (χ4v) is 1.92. The van der Waals surface area contributed by atoms with E-state index in [0.717, 1.165) is 19.5 Å². The maximum atomic E-state index is 8.61. The van der Waals surface area contributed by atoms with Crippen molar-refractivity contribution in [2.45, 2.75) is 26.8 Å². The summed E-state index contributed by atoms with van der Waals surface area (Å²) in [5.41, 5.74) is 8.20. The fourth-order valence-electron chi connectivity index (χ4n) is 1.92. The zero-order valence-electron chi connectivity index (χ0n) is 11.4. The van der Waals surface area contributed by atoms with Crippen LogP contribution in [0.2, 0.25) is 0 Å². The largest absolute Gasteiger partial charge is 0.409 e. The first-order valence-corrected chi connectivity index (χ1v) is 6.30. The molecule has 0 amide bonds. The Hall–Kier alpha value is -1.55. The summed E-state index contributed by atoms with van der Waals surface area (Å²) in [6, 6.07) is 8.64. The van der Waals surface area contributed by atoms with E-state index in [1.807, 2.05) is 14.0 Å². The molecular weight excluding hydrogens is 226 g/mol. The quantitative estimate of drug-likeness (QED) is 0.351. The molecule has 0 aromatic heterocycles. The number of hydrogen-bond donors (Lipinski definition) is 2. The highest BCUT2D eigenvalue weighted by Crippen LogP contribution is 2.08. The maximum absolute atomic E-state index is 8.61. The molecule has 18 heavy (non-hydrogen) atoms. The van der Waals surface area contributed by atoms with Gasteiger partial charge in [-0.25, -0.2) is 0 Å². The average molecular weight is 249 g/mol. The number of amidine groups is 1. The van der Waals surface area contributed by atoms with Gasteiger partial charge in [0.1, 0.15) is 5.84 Å². The van der Waals surface area contributed by atoms with Crippen molar-refractivity contribution in [1.29, 1.82) is 0 Å². The van der Waals surface area contributed by atoms with Gasteiger partial charge in [0.2, 0.25) is 0 Å². The first-order valence-electron chi connectivity index (χ1n) is 6.30. The molecule has 1 aromatic rings. The second-order valence-corrected chi connectivity index (χ2v) is 4.79. The number of benzene rings is 1. The monoisotopic (exact) mass is 249 g/mol. The minimum atomic E-state index is 0.0508. The van der Waals surface area contributed by atoms with Crippen molar-refractivity contribution in [3.05, 3.63) is 35.4 Å². The number of nitrogens with zero attached hydrogens (tertiary/aromatic N) is 2. The summed E-state index contributed by atoms with van der Waals surface area (Å²) < 4.78 is 0. The predicted molar refractivity (Wildman–Crippen MR) is 74.7 cm³/mol. The summed E-state index contributed by atoms with van der Waals surface area (Å²) in [4.78, 5) is 2.17. The van der Waals surface area contributed by atoms with Crippen LogP contribution in [0.15, 0.2) is 29.4 Å². The summed E-state index contributed by atoms with van der Waals surface area (Å²) in [5, 5.41) is 11.6. The zero-order valence-corrected chi connectivity index (χ0v) is 11.4.